The highest BCUT2D eigenvalue weighted by molar-refractivity contribution is 6.99. The molecule has 0 N–H and O–H groups in total. The maximum absolute atomic E-state index is 7.11. The van der Waals surface area contributed by atoms with Crippen molar-refractivity contribution in [1.29, 1.82) is 0 Å². The highest BCUT2D eigenvalue weighted by Gasteiger charge is 2.41. The van der Waals surface area contributed by atoms with E-state index in [-0.39, 0.29) is 6.71 Å². The molecule has 2 aliphatic rings. The highest BCUT2D eigenvalue weighted by atomic mass is 16.5. The Bertz CT molecular complexity index is 5920. The Balaban J connectivity index is 0.862. The van der Waals surface area contributed by atoms with E-state index in [9.17, 15) is 0 Å². The van der Waals surface area contributed by atoms with Crippen LogP contribution in [0.5, 0.6) is 11.5 Å². The SMILES string of the molecule is Cc1cc2c3c(c1)-n1c4ccc(-n5c6ccccc6c6cc(-n7c8ccccc8c8ccccc87)ccc65)cc4c4cc(-n5c6ccccc6c6cc(-n7c8ccccc8c8ccccc87)ccc65)cc(c41)B3c1cc(-c3ccccc3)ccc1O2. The predicted molar refractivity (Wildman–Crippen MR) is 359 cm³/mol. The Morgan fingerprint density at radius 1 is 0.267 bits per heavy atom. The first kappa shape index (κ1) is 46.2. The van der Waals surface area contributed by atoms with Crippen LogP contribution in [0.2, 0.25) is 0 Å². The van der Waals surface area contributed by atoms with Gasteiger partial charge in [-0.05, 0) is 161 Å². The summed E-state index contributed by atoms with van der Waals surface area (Å²) in [6.07, 6.45) is 0. The van der Waals surface area contributed by atoms with Gasteiger partial charge < -0.3 is 27.6 Å². The molecule has 0 spiro atoms. The van der Waals surface area contributed by atoms with Crippen molar-refractivity contribution in [3.05, 3.63) is 279 Å². The highest BCUT2D eigenvalue weighted by Crippen LogP contribution is 2.44. The fraction of sp³-hybridized carbons (Fsp3) is 0.0127. The van der Waals surface area contributed by atoms with Crippen LogP contribution in [0.1, 0.15) is 5.56 Å². The monoisotopic (exact) mass is 1090 g/mol. The van der Waals surface area contributed by atoms with Gasteiger partial charge in [-0.25, -0.2) is 0 Å². The van der Waals surface area contributed by atoms with Gasteiger partial charge in [0, 0.05) is 87.8 Å². The largest absolute Gasteiger partial charge is 0.458 e. The zero-order chi connectivity index (χ0) is 56.0. The first-order valence-electron chi connectivity index (χ1n) is 29.8. The van der Waals surface area contributed by atoms with Gasteiger partial charge in [-0.15, -0.1) is 0 Å². The number of hydrogen-bond acceptors (Lipinski definition) is 1. The fourth-order valence-electron chi connectivity index (χ4n) is 15.6. The zero-order valence-corrected chi connectivity index (χ0v) is 46.7. The lowest BCUT2D eigenvalue weighted by molar-refractivity contribution is 0.487. The summed E-state index contributed by atoms with van der Waals surface area (Å²) in [6.45, 7) is 2.08. The van der Waals surface area contributed by atoms with Crippen molar-refractivity contribution in [2.75, 3.05) is 0 Å². The summed E-state index contributed by atoms with van der Waals surface area (Å²) < 4.78 is 19.5. The molecule has 0 bridgehead atoms. The number of hydrogen-bond donors (Lipinski definition) is 0. The average molecular weight is 1090 g/mol. The average Bonchev–Trinajstić information content (AvgIpc) is 1.43. The summed E-state index contributed by atoms with van der Waals surface area (Å²) >= 11 is 0. The third-order valence-corrected chi connectivity index (χ3v) is 19.1. The van der Waals surface area contributed by atoms with Crippen molar-refractivity contribution in [3.8, 4) is 51.1 Å². The molecule has 0 saturated carbocycles. The van der Waals surface area contributed by atoms with Gasteiger partial charge in [-0.2, -0.15) is 0 Å². The standard InChI is InChI=1S/C79H48BN5O/c1-47-39-75-78-77(40-47)86-76-38-31-49(48-17-3-2-4-18-48)41-64(76)80(78)65-46-53(84-71-30-16-10-24-59(71)61-43-51(33-36-73(61)84)82-68-27-13-7-21-56(68)57-22-8-14-28-69(57)82)45-63-62-44-52(34-37-74(62)85(75)79(63)65)83-70-29-15-9-23-58(70)60-42-50(32-35-72(60)83)81-66-25-11-5-19-54(66)55-20-6-12-26-67(55)81/h2-46H,1H3. The summed E-state index contributed by atoms with van der Waals surface area (Å²) in [5.41, 5.74) is 24.6. The Labute approximate surface area is 493 Å². The molecule has 13 aromatic carbocycles. The summed E-state index contributed by atoms with van der Waals surface area (Å²) in [4.78, 5) is 0. The second-order valence-corrected chi connectivity index (χ2v) is 23.7. The summed E-state index contributed by atoms with van der Waals surface area (Å²) in [7, 11) is 0. The molecule has 7 heterocycles. The van der Waals surface area contributed by atoms with E-state index in [0.29, 0.717) is 0 Å². The van der Waals surface area contributed by atoms with Crippen LogP contribution in [0.3, 0.4) is 0 Å². The molecule has 20 rings (SSSR count). The van der Waals surface area contributed by atoms with Crippen molar-refractivity contribution in [1.82, 2.24) is 22.8 Å². The Hall–Kier alpha value is -11.3. The van der Waals surface area contributed by atoms with Crippen molar-refractivity contribution in [2.24, 2.45) is 0 Å². The number of rotatable bonds is 5. The van der Waals surface area contributed by atoms with Crippen LogP contribution in [0.4, 0.5) is 0 Å². The van der Waals surface area contributed by atoms with Crippen molar-refractivity contribution >= 4 is 132 Å². The van der Waals surface area contributed by atoms with Crippen LogP contribution in [0.15, 0.2) is 273 Å². The Morgan fingerprint density at radius 3 is 1.15 bits per heavy atom. The van der Waals surface area contributed by atoms with E-state index in [1.165, 1.54) is 114 Å². The van der Waals surface area contributed by atoms with E-state index < -0.39 is 0 Å². The quantitative estimate of drug-likeness (QED) is 0.158. The van der Waals surface area contributed by atoms with Crippen LogP contribution in [0.25, 0.3) is 149 Å². The van der Waals surface area contributed by atoms with Gasteiger partial charge in [0.2, 0.25) is 0 Å². The van der Waals surface area contributed by atoms with E-state index in [2.05, 4.69) is 303 Å². The molecular formula is C79H48BN5O. The molecule has 0 fully saturated rings. The van der Waals surface area contributed by atoms with E-state index >= 15 is 0 Å². The maximum atomic E-state index is 7.11. The Kier molecular flexibility index (Phi) is 9.11. The minimum Gasteiger partial charge on any atom is -0.458 e. The fourth-order valence-corrected chi connectivity index (χ4v) is 15.6. The van der Waals surface area contributed by atoms with E-state index in [1.54, 1.807) is 0 Å². The first-order valence-corrected chi connectivity index (χ1v) is 29.8. The lowest BCUT2D eigenvalue weighted by Gasteiger charge is -2.34. The maximum Gasteiger partial charge on any atom is 0.256 e. The zero-order valence-electron chi connectivity index (χ0n) is 46.7. The second-order valence-electron chi connectivity index (χ2n) is 23.7. The molecule has 2 aliphatic heterocycles. The van der Waals surface area contributed by atoms with Crippen LogP contribution < -0.4 is 21.1 Å². The third-order valence-electron chi connectivity index (χ3n) is 19.1. The van der Waals surface area contributed by atoms with E-state index in [4.69, 9.17) is 4.74 Å². The van der Waals surface area contributed by atoms with Gasteiger partial charge in [0.25, 0.3) is 6.71 Å². The summed E-state index contributed by atoms with van der Waals surface area (Å²) in [5.74, 6) is 1.80. The molecule has 7 heteroatoms. The van der Waals surface area contributed by atoms with Gasteiger partial charge in [0.05, 0.1) is 49.7 Å². The smallest absolute Gasteiger partial charge is 0.256 e. The third kappa shape index (κ3) is 6.15. The number of ether oxygens (including phenoxy) is 1. The van der Waals surface area contributed by atoms with Crippen LogP contribution in [-0.4, -0.2) is 29.5 Å². The van der Waals surface area contributed by atoms with Crippen molar-refractivity contribution in [2.45, 2.75) is 6.92 Å². The number of fused-ring (bicyclic) bond motifs is 19. The summed E-state index contributed by atoms with van der Waals surface area (Å²) in [5, 5.41) is 12.3. The molecule has 0 amide bonds. The van der Waals surface area contributed by atoms with Crippen molar-refractivity contribution in [3.63, 3.8) is 0 Å². The van der Waals surface area contributed by atoms with E-state index in [1.807, 2.05) is 0 Å². The van der Waals surface area contributed by atoms with E-state index in [0.717, 1.165) is 67.6 Å². The number of aromatic nitrogens is 5. The number of benzene rings is 13. The summed E-state index contributed by atoms with van der Waals surface area (Å²) in [6, 6.07) is 102. The molecule has 18 aromatic rings. The minimum absolute atomic E-state index is 0.122. The molecule has 86 heavy (non-hydrogen) atoms. The Morgan fingerprint density at radius 2 is 0.663 bits per heavy atom. The number of para-hydroxylation sites is 6. The number of aryl methyl sites for hydroxylation is 1. The van der Waals surface area contributed by atoms with Gasteiger partial charge in [0.1, 0.15) is 11.5 Å². The minimum atomic E-state index is -0.122. The van der Waals surface area contributed by atoms with Crippen LogP contribution >= 0.6 is 0 Å². The molecule has 6 nitrogen and oxygen atoms in total. The van der Waals surface area contributed by atoms with Gasteiger partial charge in [-0.1, -0.05) is 152 Å². The molecular weight excluding hydrogens is 1050 g/mol. The lowest BCUT2D eigenvalue weighted by atomic mass is 9.34. The van der Waals surface area contributed by atoms with Gasteiger partial charge >= 0.3 is 0 Å². The molecule has 398 valence electrons. The molecule has 0 atom stereocenters. The van der Waals surface area contributed by atoms with Gasteiger partial charge in [-0.3, -0.25) is 0 Å². The number of nitrogens with zero attached hydrogens (tertiary/aromatic N) is 5. The van der Waals surface area contributed by atoms with Crippen LogP contribution in [0, 0.1) is 6.92 Å². The predicted octanol–water partition coefficient (Wildman–Crippen LogP) is 18.1. The lowest BCUT2D eigenvalue weighted by Crippen LogP contribution is -2.58. The molecule has 0 unspecified atom stereocenters. The molecule has 0 aliphatic carbocycles. The molecule has 0 saturated heterocycles. The first-order chi connectivity index (χ1) is 42.6. The topological polar surface area (TPSA) is 33.9 Å². The van der Waals surface area contributed by atoms with Gasteiger partial charge in [0.15, 0.2) is 0 Å². The van der Waals surface area contributed by atoms with Crippen LogP contribution in [-0.2, 0) is 0 Å². The normalized spacial score (nSPS) is 12.8. The molecule has 5 aromatic heterocycles. The van der Waals surface area contributed by atoms with Crippen molar-refractivity contribution < 1.29 is 4.74 Å². The molecule has 0 radical (unpaired) electrons. The second kappa shape index (κ2) is 16.9.